The quantitative estimate of drug-likeness (QED) is 0.617. The first kappa shape index (κ1) is 14.8. The van der Waals surface area contributed by atoms with Crippen LogP contribution in [0.2, 0.25) is 0 Å². The lowest BCUT2D eigenvalue weighted by Gasteiger charge is -2.08. The molecule has 0 radical (unpaired) electrons. The van der Waals surface area contributed by atoms with E-state index in [2.05, 4.69) is 16.2 Å². The summed E-state index contributed by atoms with van der Waals surface area (Å²) < 4.78 is 5.12. The van der Waals surface area contributed by atoms with Crippen LogP contribution in [0, 0.1) is 5.92 Å². The Morgan fingerprint density at radius 3 is 2.67 bits per heavy atom. The first-order chi connectivity index (χ1) is 10.1. The second kappa shape index (κ2) is 6.74. The average Bonchev–Trinajstić information content (AvgIpc) is 2.79. The van der Waals surface area contributed by atoms with Gasteiger partial charge in [-0.15, -0.1) is 0 Å². The molecule has 1 aromatic rings. The van der Waals surface area contributed by atoms with Crippen molar-refractivity contribution in [3.05, 3.63) is 29.8 Å². The van der Waals surface area contributed by atoms with Gasteiger partial charge in [-0.25, -0.2) is 0 Å². The van der Waals surface area contributed by atoms with Gasteiger partial charge < -0.3 is 10.1 Å². The molecule has 3 N–H and O–H groups in total. The smallest absolute Gasteiger partial charge is 0.251 e. The lowest BCUT2D eigenvalue weighted by Crippen LogP contribution is -2.31. The maximum atomic E-state index is 11.7. The average molecular weight is 291 g/mol. The maximum Gasteiger partial charge on any atom is 0.251 e. The molecule has 0 unspecified atom stereocenters. The second-order valence-corrected chi connectivity index (χ2v) is 4.69. The zero-order valence-corrected chi connectivity index (χ0v) is 11.6. The minimum Gasteiger partial charge on any atom is -0.497 e. The lowest BCUT2D eigenvalue weighted by atomic mass is 10.1. The van der Waals surface area contributed by atoms with E-state index in [0.29, 0.717) is 13.0 Å². The van der Waals surface area contributed by atoms with Gasteiger partial charge in [0.05, 0.1) is 7.11 Å². The molecule has 3 amide bonds. The van der Waals surface area contributed by atoms with Crippen LogP contribution in [0.1, 0.15) is 12.0 Å². The van der Waals surface area contributed by atoms with Gasteiger partial charge in [-0.2, -0.15) is 0 Å². The van der Waals surface area contributed by atoms with Crippen LogP contribution in [0.25, 0.3) is 0 Å². The summed E-state index contributed by atoms with van der Waals surface area (Å²) in [5, 5.41) is 2.70. The SMILES string of the molecule is COc1cccc(CCNC(=O)CC2C(=O)NNC2=O)c1. The van der Waals surface area contributed by atoms with Gasteiger partial charge in [-0.05, 0) is 24.1 Å². The van der Waals surface area contributed by atoms with E-state index in [-0.39, 0.29) is 12.3 Å². The molecule has 0 saturated carbocycles. The van der Waals surface area contributed by atoms with Crippen LogP contribution in [-0.2, 0) is 20.8 Å². The standard InChI is InChI=1S/C14H17N3O4/c1-21-10-4-2-3-9(7-10)5-6-15-12(18)8-11-13(19)16-17-14(11)20/h2-4,7,11H,5-6,8H2,1H3,(H,15,18)(H,16,19)(H,17,20). The Labute approximate surface area is 122 Å². The van der Waals surface area contributed by atoms with Crippen LogP contribution < -0.4 is 20.9 Å². The number of carbonyl (C=O) groups is 3. The Balaban J connectivity index is 1.76. The minimum atomic E-state index is -0.943. The first-order valence-corrected chi connectivity index (χ1v) is 6.59. The summed E-state index contributed by atoms with van der Waals surface area (Å²) in [6, 6.07) is 7.55. The Hall–Kier alpha value is -2.57. The van der Waals surface area contributed by atoms with Gasteiger partial charge in [0.25, 0.3) is 11.8 Å². The molecule has 0 aliphatic carbocycles. The molecule has 1 aliphatic rings. The van der Waals surface area contributed by atoms with Gasteiger partial charge in [0.15, 0.2) is 0 Å². The summed E-state index contributed by atoms with van der Waals surface area (Å²) >= 11 is 0. The molecule has 7 heteroatoms. The van der Waals surface area contributed by atoms with E-state index in [0.717, 1.165) is 11.3 Å². The van der Waals surface area contributed by atoms with E-state index >= 15 is 0 Å². The molecule has 0 atom stereocenters. The van der Waals surface area contributed by atoms with E-state index in [1.165, 1.54) is 0 Å². The third-order valence-electron chi connectivity index (χ3n) is 3.20. The summed E-state index contributed by atoms with van der Waals surface area (Å²) in [6.45, 7) is 0.432. The van der Waals surface area contributed by atoms with Crippen LogP contribution in [-0.4, -0.2) is 31.4 Å². The summed E-state index contributed by atoms with van der Waals surface area (Å²) in [5.74, 6) is -1.44. The number of methoxy groups -OCH3 is 1. The number of benzene rings is 1. The predicted molar refractivity (Wildman–Crippen MR) is 74.1 cm³/mol. The number of nitrogens with one attached hydrogen (secondary N) is 3. The molecule has 7 nitrogen and oxygen atoms in total. The highest BCUT2D eigenvalue weighted by Gasteiger charge is 2.34. The second-order valence-electron chi connectivity index (χ2n) is 4.69. The summed E-state index contributed by atoms with van der Waals surface area (Å²) in [7, 11) is 1.60. The van der Waals surface area contributed by atoms with Crippen molar-refractivity contribution in [2.45, 2.75) is 12.8 Å². The zero-order valence-electron chi connectivity index (χ0n) is 11.6. The first-order valence-electron chi connectivity index (χ1n) is 6.59. The minimum absolute atomic E-state index is 0.143. The molecule has 21 heavy (non-hydrogen) atoms. The van der Waals surface area contributed by atoms with E-state index in [1.54, 1.807) is 7.11 Å². The number of hydrogen-bond donors (Lipinski definition) is 3. The van der Waals surface area contributed by atoms with Crippen molar-refractivity contribution in [1.29, 1.82) is 0 Å². The summed E-state index contributed by atoms with van der Waals surface area (Å²) in [6.07, 6.45) is 0.502. The zero-order chi connectivity index (χ0) is 15.2. The Bertz CT molecular complexity index is 543. The Morgan fingerprint density at radius 2 is 2.00 bits per heavy atom. The number of carbonyl (C=O) groups excluding carboxylic acids is 3. The van der Waals surface area contributed by atoms with Crippen LogP contribution in [0.3, 0.4) is 0 Å². The maximum absolute atomic E-state index is 11.7. The van der Waals surface area contributed by atoms with Crippen molar-refractivity contribution >= 4 is 17.7 Å². The van der Waals surface area contributed by atoms with Crippen molar-refractivity contribution in [3.8, 4) is 5.75 Å². The van der Waals surface area contributed by atoms with E-state index in [1.807, 2.05) is 24.3 Å². The molecular formula is C14H17N3O4. The Kier molecular flexibility index (Phi) is 4.76. The Morgan fingerprint density at radius 1 is 1.29 bits per heavy atom. The van der Waals surface area contributed by atoms with E-state index in [4.69, 9.17) is 4.74 Å². The van der Waals surface area contributed by atoms with Crippen LogP contribution >= 0.6 is 0 Å². The highest BCUT2D eigenvalue weighted by Crippen LogP contribution is 2.12. The van der Waals surface area contributed by atoms with Gasteiger partial charge in [-0.3, -0.25) is 25.2 Å². The van der Waals surface area contributed by atoms with Gasteiger partial charge in [0, 0.05) is 13.0 Å². The topological polar surface area (TPSA) is 96.5 Å². The number of hydrogen-bond acceptors (Lipinski definition) is 4. The molecule has 1 heterocycles. The van der Waals surface area contributed by atoms with Gasteiger partial charge >= 0.3 is 0 Å². The molecule has 1 aliphatic heterocycles. The van der Waals surface area contributed by atoms with Gasteiger partial charge in [0.1, 0.15) is 11.7 Å². The molecule has 1 aromatic carbocycles. The van der Waals surface area contributed by atoms with Crippen molar-refractivity contribution in [1.82, 2.24) is 16.2 Å². The molecule has 2 rings (SSSR count). The predicted octanol–water partition coefficient (Wildman–Crippen LogP) is -0.479. The highest BCUT2D eigenvalue weighted by molar-refractivity contribution is 6.07. The molecule has 112 valence electrons. The lowest BCUT2D eigenvalue weighted by molar-refractivity contribution is -0.133. The van der Waals surface area contributed by atoms with Crippen LogP contribution in [0.5, 0.6) is 5.75 Å². The fourth-order valence-electron chi connectivity index (χ4n) is 2.03. The fraction of sp³-hybridized carbons (Fsp3) is 0.357. The highest BCUT2D eigenvalue weighted by atomic mass is 16.5. The molecule has 0 bridgehead atoms. The van der Waals surface area contributed by atoms with E-state index in [9.17, 15) is 14.4 Å². The normalized spacial score (nSPS) is 14.5. The third kappa shape index (κ3) is 3.95. The molecular weight excluding hydrogens is 274 g/mol. The summed E-state index contributed by atoms with van der Waals surface area (Å²) in [5.41, 5.74) is 5.41. The van der Waals surface area contributed by atoms with Gasteiger partial charge in [0.2, 0.25) is 5.91 Å². The van der Waals surface area contributed by atoms with Crippen LogP contribution in [0.15, 0.2) is 24.3 Å². The number of amides is 3. The fourth-order valence-corrected chi connectivity index (χ4v) is 2.03. The van der Waals surface area contributed by atoms with E-state index < -0.39 is 17.7 Å². The molecule has 1 saturated heterocycles. The third-order valence-corrected chi connectivity index (χ3v) is 3.20. The number of hydrazine groups is 1. The molecule has 0 spiro atoms. The van der Waals surface area contributed by atoms with Crippen molar-refractivity contribution < 1.29 is 19.1 Å². The largest absolute Gasteiger partial charge is 0.497 e. The number of rotatable bonds is 6. The van der Waals surface area contributed by atoms with Crippen LogP contribution in [0.4, 0.5) is 0 Å². The van der Waals surface area contributed by atoms with Crippen molar-refractivity contribution in [2.24, 2.45) is 5.92 Å². The monoisotopic (exact) mass is 291 g/mol. The van der Waals surface area contributed by atoms with Gasteiger partial charge in [-0.1, -0.05) is 12.1 Å². The molecule has 0 aromatic heterocycles. The number of ether oxygens (including phenoxy) is 1. The van der Waals surface area contributed by atoms with Crippen molar-refractivity contribution in [3.63, 3.8) is 0 Å². The molecule has 1 fully saturated rings. The summed E-state index contributed by atoms with van der Waals surface area (Å²) in [4.78, 5) is 34.3. The van der Waals surface area contributed by atoms with Crippen molar-refractivity contribution in [2.75, 3.05) is 13.7 Å².